The first kappa shape index (κ1) is 28.2. The molecule has 0 unspecified atom stereocenters. The molecule has 0 aliphatic rings. The van der Waals surface area contributed by atoms with Crippen LogP contribution in [-0.2, 0) is 0 Å². The van der Waals surface area contributed by atoms with E-state index in [9.17, 15) is 0 Å². The van der Waals surface area contributed by atoms with E-state index in [1.165, 1.54) is 52.8 Å². The van der Waals surface area contributed by atoms with Crippen LogP contribution < -0.4 is 0 Å². The van der Waals surface area contributed by atoms with Crippen LogP contribution in [0, 0.1) is 0 Å². The van der Waals surface area contributed by atoms with E-state index in [0.717, 1.165) is 27.8 Å². The fourth-order valence-corrected chi connectivity index (χ4v) is 8.87. The third-order valence-corrected chi connectivity index (χ3v) is 11.1. The molecule has 4 heterocycles. The van der Waals surface area contributed by atoms with Crippen molar-refractivity contribution in [1.82, 2.24) is 24.1 Å². The summed E-state index contributed by atoms with van der Waals surface area (Å²) in [6.07, 6.45) is 0. The molecule has 238 valence electrons. The average Bonchev–Trinajstić information content (AvgIpc) is 3.85. The lowest BCUT2D eigenvalue weighted by atomic mass is 10.1. The van der Waals surface area contributed by atoms with Crippen molar-refractivity contribution in [1.29, 1.82) is 0 Å². The molecular weight excluding hydrogens is 643 g/mol. The summed E-state index contributed by atoms with van der Waals surface area (Å²) in [6, 6.07) is 57.8. The molecule has 11 aromatic rings. The first-order valence-electron chi connectivity index (χ1n) is 17.0. The van der Waals surface area contributed by atoms with Crippen LogP contribution >= 0.6 is 11.3 Å². The Balaban J connectivity index is 1.09. The maximum absolute atomic E-state index is 5.18. The van der Waals surface area contributed by atoms with Gasteiger partial charge in [-0.2, -0.15) is 9.97 Å². The number of thiophene rings is 1. The summed E-state index contributed by atoms with van der Waals surface area (Å²) in [7, 11) is 0. The molecular formula is C45H27N5S. The van der Waals surface area contributed by atoms with Gasteiger partial charge in [-0.3, -0.25) is 4.57 Å². The van der Waals surface area contributed by atoms with Crippen LogP contribution in [0.15, 0.2) is 164 Å². The van der Waals surface area contributed by atoms with Gasteiger partial charge in [0.1, 0.15) is 0 Å². The van der Waals surface area contributed by atoms with Gasteiger partial charge in [0, 0.05) is 58.5 Å². The highest BCUT2D eigenvalue weighted by molar-refractivity contribution is 7.25. The van der Waals surface area contributed by atoms with Crippen LogP contribution in [0.4, 0.5) is 0 Å². The molecule has 7 aromatic carbocycles. The van der Waals surface area contributed by atoms with Crippen molar-refractivity contribution < 1.29 is 0 Å². The highest BCUT2D eigenvalue weighted by Crippen LogP contribution is 2.39. The lowest BCUT2D eigenvalue weighted by Gasteiger charge is -2.11. The lowest BCUT2D eigenvalue weighted by molar-refractivity contribution is 0.954. The third-order valence-electron chi connectivity index (χ3n) is 9.99. The molecule has 0 radical (unpaired) electrons. The molecule has 0 saturated heterocycles. The first-order chi connectivity index (χ1) is 25.3. The third kappa shape index (κ3) is 4.30. The summed E-state index contributed by atoms with van der Waals surface area (Å²) in [4.78, 5) is 15.3. The second-order valence-corrected chi connectivity index (χ2v) is 14.0. The fourth-order valence-electron chi connectivity index (χ4n) is 7.69. The number of benzene rings is 7. The summed E-state index contributed by atoms with van der Waals surface area (Å²) in [5, 5.41) is 7.35. The van der Waals surface area contributed by atoms with Gasteiger partial charge in [-0.1, -0.05) is 121 Å². The number of hydrogen-bond acceptors (Lipinski definition) is 4. The summed E-state index contributed by atoms with van der Waals surface area (Å²) in [5.41, 5.74) is 7.62. The number of aromatic nitrogens is 5. The van der Waals surface area contributed by atoms with Gasteiger partial charge in [-0.25, -0.2) is 4.98 Å². The predicted octanol–water partition coefficient (Wildman–Crippen LogP) is 11.8. The molecule has 0 spiro atoms. The molecule has 4 aromatic heterocycles. The van der Waals surface area contributed by atoms with E-state index in [2.05, 4.69) is 155 Å². The Hall–Kier alpha value is -6.63. The monoisotopic (exact) mass is 669 g/mol. The molecule has 0 aliphatic heterocycles. The Labute approximate surface area is 296 Å². The second kappa shape index (κ2) is 10.9. The van der Waals surface area contributed by atoms with Crippen LogP contribution in [-0.4, -0.2) is 24.1 Å². The van der Waals surface area contributed by atoms with Gasteiger partial charge in [-0.15, -0.1) is 11.3 Å². The number of rotatable bonds is 4. The number of para-hydroxylation sites is 4. The number of nitrogens with zero attached hydrogens (tertiary/aromatic N) is 5. The zero-order valence-electron chi connectivity index (χ0n) is 27.2. The van der Waals surface area contributed by atoms with Gasteiger partial charge in [0.05, 0.1) is 22.1 Å². The SMILES string of the molecule is c1ccc(-c2nc(-c3ccc4c(c3)sc3cc(-n5c6ccccc6c6ccccc65)ccc34)nc(-n3c4ccccc4c4ccccc43)n2)cc1. The van der Waals surface area contributed by atoms with Crippen molar-refractivity contribution in [3.8, 4) is 34.4 Å². The van der Waals surface area contributed by atoms with Crippen LogP contribution in [0.1, 0.15) is 0 Å². The van der Waals surface area contributed by atoms with Crippen molar-refractivity contribution in [2.24, 2.45) is 0 Å². The highest BCUT2D eigenvalue weighted by atomic mass is 32.1. The number of fused-ring (bicyclic) bond motifs is 9. The molecule has 0 saturated carbocycles. The van der Waals surface area contributed by atoms with Crippen LogP contribution in [0.2, 0.25) is 0 Å². The van der Waals surface area contributed by atoms with Crippen LogP contribution in [0.25, 0.3) is 98.2 Å². The molecule has 5 nitrogen and oxygen atoms in total. The molecule has 0 N–H and O–H groups in total. The Morgan fingerprint density at radius 2 is 0.824 bits per heavy atom. The minimum atomic E-state index is 0.600. The summed E-state index contributed by atoms with van der Waals surface area (Å²) in [5.74, 6) is 1.89. The molecule has 6 heteroatoms. The van der Waals surface area contributed by atoms with Crippen molar-refractivity contribution in [3.63, 3.8) is 0 Å². The standard InChI is InChI=1S/C45H27N5S/c1-2-12-28(13-3-1)43-46-44(48-45(47-43)50-39-20-10-6-16-33(39)34-17-7-11-21-40(34)50)29-22-24-35-36-25-23-30(27-42(36)51-41(35)26-29)49-37-18-8-4-14-31(37)32-15-5-9-19-38(32)49/h1-27H. The average molecular weight is 670 g/mol. The van der Waals surface area contributed by atoms with Crippen LogP contribution in [0.3, 0.4) is 0 Å². The molecule has 0 fully saturated rings. The van der Waals surface area contributed by atoms with Gasteiger partial charge in [0.2, 0.25) is 5.95 Å². The Bertz CT molecular complexity index is 3040. The zero-order valence-corrected chi connectivity index (χ0v) is 28.0. The molecule has 0 amide bonds. The number of hydrogen-bond donors (Lipinski definition) is 0. The molecule has 11 rings (SSSR count). The van der Waals surface area contributed by atoms with Gasteiger partial charge >= 0.3 is 0 Å². The lowest BCUT2D eigenvalue weighted by Crippen LogP contribution is -2.06. The molecule has 0 atom stereocenters. The second-order valence-electron chi connectivity index (χ2n) is 12.9. The van der Waals surface area contributed by atoms with Gasteiger partial charge in [-0.05, 0) is 42.5 Å². The highest BCUT2D eigenvalue weighted by Gasteiger charge is 2.19. The first-order valence-corrected chi connectivity index (χ1v) is 17.9. The summed E-state index contributed by atoms with van der Waals surface area (Å²) >= 11 is 1.81. The predicted molar refractivity (Wildman–Crippen MR) is 212 cm³/mol. The Kier molecular flexibility index (Phi) is 6.05. The topological polar surface area (TPSA) is 48.5 Å². The van der Waals surface area contributed by atoms with E-state index < -0.39 is 0 Å². The van der Waals surface area contributed by atoms with E-state index in [-0.39, 0.29) is 0 Å². The maximum Gasteiger partial charge on any atom is 0.238 e. The maximum atomic E-state index is 5.18. The minimum Gasteiger partial charge on any atom is -0.309 e. The van der Waals surface area contributed by atoms with Crippen molar-refractivity contribution >= 4 is 75.1 Å². The van der Waals surface area contributed by atoms with E-state index in [1.54, 1.807) is 0 Å². The Morgan fingerprint density at radius 3 is 1.41 bits per heavy atom. The van der Waals surface area contributed by atoms with Crippen LogP contribution in [0.5, 0.6) is 0 Å². The smallest absolute Gasteiger partial charge is 0.238 e. The molecule has 51 heavy (non-hydrogen) atoms. The van der Waals surface area contributed by atoms with Gasteiger partial charge in [0.25, 0.3) is 0 Å². The summed E-state index contributed by atoms with van der Waals surface area (Å²) < 4.78 is 6.98. The molecule has 0 bridgehead atoms. The Morgan fingerprint density at radius 1 is 0.353 bits per heavy atom. The summed E-state index contributed by atoms with van der Waals surface area (Å²) in [6.45, 7) is 0. The van der Waals surface area contributed by atoms with E-state index in [4.69, 9.17) is 15.0 Å². The van der Waals surface area contributed by atoms with Gasteiger partial charge in [0.15, 0.2) is 11.6 Å². The van der Waals surface area contributed by atoms with Crippen molar-refractivity contribution in [2.45, 2.75) is 0 Å². The minimum absolute atomic E-state index is 0.600. The largest absolute Gasteiger partial charge is 0.309 e. The van der Waals surface area contributed by atoms with E-state index in [1.807, 2.05) is 29.5 Å². The zero-order chi connectivity index (χ0) is 33.5. The van der Waals surface area contributed by atoms with Crippen molar-refractivity contribution in [3.05, 3.63) is 164 Å². The van der Waals surface area contributed by atoms with Crippen molar-refractivity contribution in [2.75, 3.05) is 0 Å². The normalized spacial score (nSPS) is 11.9. The van der Waals surface area contributed by atoms with Gasteiger partial charge < -0.3 is 4.57 Å². The quantitative estimate of drug-likeness (QED) is 0.187. The van der Waals surface area contributed by atoms with E-state index in [0.29, 0.717) is 17.6 Å². The molecule has 0 aliphatic carbocycles. The van der Waals surface area contributed by atoms with E-state index >= 15 is 0 Å². The fraction of sp³-hybridized carbons (Fsp3) is 0.